The first-order chi connectivity index (χ1) is 27.7. The van der Waals surface area contributed by atoms with Crippen LogP contribution in [-0.2, 0) is 0 Å². The third-order valence-corrected chi connectivity index (χ3v) is 11.3. The highest BCUT2D eigenvalue weighted by molar-refractivity contribution is 6.15. The fourth-order valence-electron chi connectivity index (χ4n) is 8.62. The molecule has 0 N–H and O–H groups in total. The molecule has 0 bridgehead atoms. The number of nitrogens with zero attached hydrogens (tertiary/aromatic N) is 1. The Hall–Kier alpha value is -7.56. The van der Waals surface area contributed by atoms with Gasteiger partial charge in [-0.05, 0) is 82.6 Å². The Morgan fingerprint density at radius 2 is 0.857 bits per heavy atom. The van der Waals surface area contributed by atoms with E-state index in [0.29, 0.717) is 0 Å². The molecule has 0 aliphatic heterocycles. The first-order valence-electron chi connectivity index (χ1n) is 18.9. The molecule has 4 heteroatoms. The second-order valence-electron chi connectivity index (χ2n) is 14.4. The summed E-state index contributed by atoms with van der Waals surface area (Å²) in [5.74, 6) is 0. The van der Waals surface area contributed by atoms with Crippen molar-refractivity contribution in [2.45, 2.75) is 0 Å². The fourth-order valence-corrected chi connectivity index (χ4v) is 8.62. The van der Waals surface area contributed by atoms with Gasteiger partial charge in [0.1, 0.15) is 27.9 Å². The van der Waals surface area contributed by atoms with Crippen molar-refractivity contribution in [2.24, 2.45) is 0 Å². The normalized spacial score (nSPS) is 11.9. The van der Waals surface area contributed by atoms with E-state index in [1.165, 1.54) is 5.39 Å². The molecule has 4 nitrogen and oxygen atoms in total. The maximum Gasteiger partial charge on any atom is 0.159 e. The molecule has 3 heterocycles. The Balaban J connectivity index is 1.06. The molecule has 262 valence electrons. The predicted molar refractivity (Wildman–Crippen MR) is 231 cm³/mol. The van der Waals surface area contributed by atoms with Crippen LogP contribution in [0.3, 0.4) is 0 Å². The molecule has 0 saturated heterocycles. The molecule has 0 saturated carbocycles. The van der Waals surface area contributed by atoms with Gasteiger partial charge in [0.25, 0.3) is 0 Å². The Morgan fingerprint density at radius 1 is 0.304 bits per heavy atom. The van der Waals surface area contributed by atoms with Crippen molar-refractivity contribution in [3.63, 3.8) is 0 Å². The summed E-state index contributed by atoms with van der Waals surface area (Å²) >= 11 is 0. The molecular formula is C52H31NO3. The first kappa shape index (κ1) is 30.9. The lowest BCUT2D eigenvalue weighted by Crippen LogP contribution is -2.11. The summed E-state index contributed by atoms with van der Waals surface area (Å²) in [6.45, 7) is 0. The summed E-state index contributed by atoms with van der Waals surface area (Å²) in [4.78, 5) is 2.33. The number of fused-ring (bicyclic) bond motifs is 10. The van der Waals surface area contributed by atoms with Crippen LogP contribution in [-0.4, -0.2) is 0 Å². The van der Waals surface area contributed by atoms with Crippen LogP contribution in [0, 0.1) is 0 Å². The Labute approximate surface area is 321 Å². The lowest BCUT2D eigenvalue weighted by molar-refractivity contribution is 0.668. The molecular weight excluding hydrogens is 687 g/mol. The Morgan fingerprint density at radius 3 is 1.70 bits per heavy atom. The number of para-hydroxylation sites is 5. The zero-order valence-electron chi connectivity index (χ0n) is 30.1. The minimum Gasteiger partial charge on any atom is -0.456 e. The van der Waals surface area contributed by atoms with E-state index in [1.807, 2.05) is 24.3 Å². The van der Waals surface area contributed by atoms with Gasteiger partial charge in [-0.3, -0.25) is 0 Å². The molecule has 0 aliphatic rings. The molecule has 12 rings (SSSR count). The van der Waals surface area contributed by atoms with Crippen molar-refractivity contribution in [2.75, 3.05) is 4.90 Å². The highest BCUT2D eigenvalue weighted by atomic mass is 16.3. The predicted octanol–water partition coefficient (Wildman–Crippen LogP) is 15.3. The molecule has 9 aromatic carbocycles. The van der Waals surface area contributed by atoms with E-state index < -0.39 is 0 Å². The minimum absolute atomic E-state index is 0.832. The third kappa shape index (κ3) is 4.66. The smallest absolute Gasteiger partial charge is 0.159 e. The van der Waals surface area contributed by atoms with Crippen LogP contribution in [0.4, 0.5) is 17.1 Å². The summed E-state index contributed by atoms with van der Waals surface area (Å²) in [5, 5.41) is 8.96. The largest absolute Gasteiger partial charge is 0.456 e. The minimum atomic E-state index is 0.832. The van der Waals surface area contributed by atoms with E-state index in [2.05, 4.69) is 169 Å². The lowest BCUT2D eigenvalue weighted by atomic mass is 9.98. The van der Waals surface area contributed by atoms with Gasteiger partial charge in [-0.15, -0.1) is 0 Å². The molecule has 3 aromatic heterocycles. The summed E-state index contributed by atoms with van der Waals surface area (Å²) in [6.07, 6.45) is 0. The van der Waals surface area contributed by atoms with Gasteiger partial charge in [0.05, 0.1) is 11.4 Å². The fraction of sp³-hybridized carbons (Fsp3) is 0. The van der Waals surface area contributed by atoms with Gasteiger partial charge >= 0.3 is 0 Å². The van der Waals surface area contributed by atoms with Gasteiger partial charge in [0, 0.05) is 49.1 Å². The van der Waals surface area contributed by atoms with Gasteiger partial charge in [0.2, 0.25) is 0 Å². The molecule has 0 aliphatic carbocycles. The SMILES string of the molecule is c1ccc(N(c2ccc(-c3ccc4oc5ccccc5c4c3)cc2)c2cccc3c2oc2ccccc23)c(-c2cccc3c2oc2cc4ccccc4cc23)c1. The summed E-state index contributed by atoms with van der Waals surface area (Å²) in [5.41, 5.74) is 12.5. The van der Waals surface area contributed by atoms with Crippen LogP contribution in [0.2, 0.25) is 0 Å². The van der Waals surface area contributed by atoms with E-state index in [1.54, 1.807) is 0 Å². The number of hydrogen-bond donors (Lipinski definition) is 0. The highest BCUT2D eigenvalue weighted by Gasteiger charge is 2.24. The van der Waals surface area contributed by atoms with Crippen LogP contribution in [0.5, 0.6) is 0 Å². The quantitative estimate of drug-likeness (QED) is 0.178. The number of hydrogen-bond acceptors (Lipinski definition) is 4. The lowest BCUT2D eigenvalue weighted by Gasteiger charge is -2.28. The van der Waals surface area contributed by atoms with Crippen LogP contribution < -0.4 is 4.90 Å². The molecule has 56 heavy (non-hydrogen) atoms. The number of benzene rings is 9. The van der Waals surface area contributed by atoms with E-state index in [9.17, 15) is 0 Å². The molecule has 0 atom stereocenters. The van der Waals surface area contributed by atoms with E-state index >= 15 is 0 Å². The molecule has 0 spiro atoms. The van der Waals surface area contributed by atoms with Crippen molar-refractivity contribution >= 4 is 93.7 Å². The van der Waals surface area contributed by atoms with Gasteiger partial charge in [-0.1, -0.05) is 127 Å². The van der Waals surface area contributed by atoms with Gasteiger partial charge in [-0.25, -0.2) is 0 Å². The number of anilines is 3. The molecule has 0 fully saturated rings. The second kappa shape index (κ2) is 12.0. The Kier molecular flexibility index (Phi) is 6.60. The highest BCUT2D eigenvalue weighted by Crippen LogP contribution is 2.47. The standard InChI is InChI=1S/C52H31NO3/c1-2-12-34-31-50-44(29-33(34)11-1)42-17-9-16-40(51(42)56-50)37-13-3-6-19-45(37)53(46-20-10-18-41-38-14-4-8-22-48(38)55-52(41)46)36-26-23-32(24-27-36)35-25-28-49-43(30-35)39-15-5-7-21-47(39)54-49/h1-31H. The van der Waals surface area contributed by atoms with E-state index in [4.69, 9.17) is 13.3 Å². The number of rotatable bonds is 5. The van der Waals surface area contributed by atoms with E-state index in [-0.39, 0.29) is 0 Å². The average Bonchev–Trinajstić information content (AvgIpc) is 3.94. The topological polar surface area (TPSA) is 42.7 Å². The van der Waals surface area contributed by atoms with Crippen molar-refractivity contribution in [1.82, 2.24) is 0 Å². The van der Waals surface area contributed by atoms with Crippen LogP contribution in [0.25, 0.3) is 98.8 Å². The average molecular weight is 718 g/mol. The summed E-state index contributed by atoms with van der Waals surface area (Å²) in [7, 11) is 0. The summed E-state index contributed by atoms with van der Waals surface area (Å²) in [6, 6.07) is 66.1. The Bertz CT molecular complexity index is 3490. The molecule has 0 amide bonds. The van der Waals surface area contributed by atoms with Crippen molar-refractivity contribution in [1.29, 1.82) is 0 Å². The van der Waals surface area contributed by atoms with Crippen molar-refractivity contribution in [3.8, 4) is 22.3 Å². The van der Waals surface area contributed by atoms with Crippen molar-refractivity contribution < 1.29 is 13.3 Å². The third-order valence-electron chi connectivity index (χ3n) is 11.3. The van der Waals surface area contributed by atoms with Gasteiger partial charge < -0.3 is 18.2 Å². The van der Waals surface area contributed by atoms with Crippen LogP contribution in [0.1, 0.15) is 0 Å². The first-order valence-corrected chi connectivity index (χ1v) is 18.9. The van der Waals surface area contributed by atoms with Gasteiger partial charge in [-0.2, -0.15) is 0 Å². The van der Waals surface area contributed by atoms with Crippen LogP contribution in [0.15, 0.2) is 201 Å². The monoisotopic (exact) mass is 717 g/mol. The van der Waals surface area contributed by atoms with Gasteiger partial charge in [0.15, 0.2) is 5.58 Å². The molecule has 0 unspecified atom stereocenters. The zero-order chi connectivity index (χ0) is 36.7. The summed E-state index contributed by atoms with van der Waals surface area (Å²) < 4.78 is 19.6. The second-order valence-corrected chi connectivity index (χ2v) is 14.4. The molecule has 12 aromatic rings. The van der Waals surface area contributed by atoms with E-state index in [0.717, 1.165) is 111 Å². The maximum absolute atomic E-state index is 6.77. The maximum atomic E-state index is 6.77. The molecule has 0 radical (unpaired) electrons. The zero-order valence-corrected chi connectivity index (χ0v) is 30.1. The number of furan rings is 3. The van der Waals surface area contributed by atoms with Crippen LogP contribution >= 0.6 is 0 Å². The van der Waals surface area contributed by atoms with Crippen molar-refractivity contribution in [3.05, 3.63) is 188 Å².